The van der Waals surface area contributed by atoms with E-state index in [0.29, 0.717) is 0 Å². The Balaban J connectivity index is 2.80. The molecular weight excluding hydrogens is 270 g/mol. The maximum atomic E-state index is 11.4. The number of rotatable bonds is 7. The van der Waals surface area contributed by atoms with Crippen molar-refractivity contribution in [3.63, 3.8) is 0 Å². The van der Waals surface area contributed by atoms with Crippen LogP contribution in [-0.2, 0) is 14.8 Å². The number of sulfonamides is 1. The van der Waals surface area contributed by atoms with Crippen LogP contribution in [0.25, 0.3) is 0 Å². The van der Waals surface area contributed by atoms with E-state index in [0.717, 1.165) is 18.9 Å². The van der Waals surface area contributed by atoms with Gasteiger partial charge >= 0.3 is 5.97 Å². The highest BCUT2D eigenvalue weighted by Crippen LogP contribution is 2.14. The summed E-state index contributed by atoms with van der Waals surface area (Å²) in [5, 5.41) is 8.47. The average Bonchev–Trinajstić information content (AvgIpc) is 2.30. The van der Waals surface area contributed by atoms with E-state index < -0.39 is 21.7 Å². The zero-order valence-electron chi connectivity index (χ0n) is 10.8. The molecule has 0 aliphatic rings. The summed E-state index contributed by atoms with van der Waals surface area (Å²) < 4.78 is 25.0. The second kappa shape index (κ2) is 6.37. The molecule has 0 saturated heterocycles. The first-order chi connectivity index (χ1) is 8.88. The van der Waals surface area contributed by atoms with Gasteiger partial charge in [-0.2, -0.15) is 0 Å². The molecule has 0 fully saturated rings. The number of anilines is 2. The monoisotopic (exact) mass is 287 g/mol. The van der Waals surface area contributed by atoms with Gasteiger partial charge in [0.1, 0.15) is 5.82 Å². The molecule has 7 nitrogen and oxygen atoms in total. The lowest BCUT2D eigenvalue weighted by Crippen LogP contribution is -2.24. The van der Waals surface area contributed by atoms with E-state index in [1.165, 1.54) is 6.20 Å². The van der Waals surface area contributed by atoms with Crippen molar-refractivity contribution in [2.45, 2.75) is 13.8 Å². The number of aliphatic carboxylic acids is 1. The largest absolute Gasteiger partial charge is 0.480 e. The third kappa shape index (κ3) is 4.74. The molecule has 0 radical (unpaired) electrons. The fourth-order valence-electron chi connectivity index (χ4n) is 1.56. The molecule has 0 bridgehead atoms. The van der Waals surface area contributed by atoms with Crippen molar-refractivity contribution < 1.29 is 18.3 Å². The molecule has 1 aromatic heterocycles. The summed E-state index contributed by atoms with van der Waals surface area (Å²) >= 11 is 0. The topological polar surface area (TPSA) is 99.6 Å². The lowest BCUT2D eigenvalue weighted by molar-refractivity contribution is -0.134. The van der Waals surface area contributed by atoms with Gasteiger partial charge in [-0.1, -0.05) is 0 Å². The molecule has 106 valence electrons. The molecule has 8 heteroatoms. The van der Waals surface area contributed by atoms with Crippen LogP contribution in [0.3, 0.4) is 0 Å². The number of pyridine rings is 1. The first-order valence-electron chi connectivity index (χ1n) is 5.81. The van der Waals surface area contributed by atoms with E-state index in [1.54, 1.807) is 12.1 Å². The maximum absolute atomic E-state index is 11.4. The highest BCUT2D eigenvalue weighted by atomic mass is 32.2. The lowest BCUT2D eigenvalue weighted by Gasteiger charge is -2.19. The molecule has 0 amide bonds. The molecule has 1 rings (SSSR count). The van der Waals surface area contributed by atoms with E-state index in [4.69, 9.17) is 5.11 Å². The highest BCUT2D eigenvalue weighted by molar-refractivity contribution is 7.93. The van der Waals surface area contributed by atoms with Crippen LogP contribution in [0.1, 0.15) is 13.8 Å². The number of hydrogen-bond acceptors (Lipinski definition) is 5. The van der Waals surface area contributed by atoms with Crippen LogP contribution >= 0.6 is 0 Å². The lowest BCUT2D eigenvalue weighted by atomic mass is 10.4. The summed E-state index contributed by atoms with van der Waals surface area (Å²) in [5.41, 5.74) is 0.247. The Morgan fingerprint density at radius 1 is 1.37 bits per heavy atom. The van der Waals surface area contributed by atoms with Gasteiger partial charge in [-0.05, 0) is 26.0 Å². The molecule has 19 heavy (non-hydrogen) atoms. The zero-order valence-corrected chi connectivity index (χ0v) is 11.6. The summed E-state index contributed by atoms with van der Waals surface area (Å²) in [5.74, 6) is -1.63. The predicted octanol–water partition coefficient (Wildman–Crippen LogP) is 0.754. The first kappa shape index (κ1) is 15.2. The molecule has 1 aromatic rings. The fraction of sp³-hybridized carbons (Fsp3) is 0.455. The van der Waals surface area contributed by atoms with Crippen molar-refractivity contribution in [2.24, 2.45) is 0 Å². The van der Waals surface area contributed by atoms with Gasteiger partial charge in [-0.15, -0.1) is 0 Å². The normalized spacial score (nSPS) is 11.1. The number of nitrogens with one attached hydrogen (secondary N) is 1. The fourth-order valence-corrected chi connectivity index (χ4v) is 2.44. The minimum absolute atomic E-state index is 0.247. The maximum Gasteiger partial charge on any atom is 0.320 e. The summed E-state index contributed by atoms with van der Waals surface area (Å²) in [6.45, 7) is 5.59. The third-order valence-electron chi connectivity index (χ3n) is 2.42. The number of nitrogens with zero attached hydrogens (tertiary/aromatic N) is 2. The van der Waals surface area contributed by atoms with Gasteiger partial charge in [0.05, 0.1) is 11.9 Å². The molecule has 0 saturated carbocycles. The van der Waals surface area contributed by atoms with Gasteiger partial charge in [0.15, 0.2) is 5.75 Å². The Bertz CT molecular complexity index is 523. The SMILES string of the molecule is CCN(CC)c1ccc(NS(=O)(=O)CC(=O)O)cn1. The molecule has 0 unspecified atom stereocenters. The van der Waals surface area contributed by atoms with Crippen molar-refractivity contribution in [2.75, 3.05) is 28.5 Å². The Morgan fingerprint density at radius 2 is 2.00 bits per heavy atom. The third-order valence-corrected chi connectivity index (χ3v) is 3.60. The van der Waals surface area contributed by atoms with Crippen molar-refractivity contribution in [3.8, 4) is 0 Å². The van der Waals surface area contributed by atoms with Crippen molar-refractivity contribution in [3.05, 3.63) is 18.3 Å². The van der Waals surface area contributed by atoms with Crippen LogP contribution in [0.4, 0.5) is 11.5 Å². The Labute approximate surface area is 112 Å². The van der Waals surface area contributed by atoms with Crippen LogP contribution in [0, 0.1) is 0 Å². The highest BCUT2D eigenvalue weighted by Gasteiger charge is 2.15. The van der Waals surface area contributed by atoms with Gasteiger partial charge < -0.3 is 10.0 Å². The van der Waals surface area contributed by atoms with E-state index in [-0.39, 0.29) is 5.69 Å². The smallest absolute Gasteiger partial charge is 0.320 e. The quantitative estimate of drug-likeness (QED) is 0.768. The molecule has 0 aromatic carbocycles. The Hall–Kier alpha value is -1.83. The number of carboxylic acids is 1. The van der Waals surface area contributed by atoms with Crippen molar-refractivity contribution >= 4 is 27.5 Å². The molecule has 0 aliphatic carbocycles. The number of carboxylic acid groups (broad SMARTS) is 1. The van der Waals surface area contributed by atoms with Gasteiger partial charge in [-0.3, -0.25) is 9.52 Å². The van der Waals surface area contributed by atoms with E-state index in [1.807, 2.05) is 18.7 Å². The van der Waals surface area contributed by atoms with E-state index in [9.17, 15) is 13.2 Å². The zero-order chi connectivity index (χ0) is 14.5. The van der Waals surface area contributed by atoms with Crippen LogP contribution in [-0.4, -0.2) is 43.3 Å². The summed E-state index contributed by atoms with van der Waals surface area (Å²) in [4.78, 5) is 16.5. The summed E-state index contributed by atoms with van der Waals surface area (Å²) in [6, 6.07) is 3.24. The average molecular weight is 287 g/mol. The van der Waals surface area contributed by atoms with Crippen molar-refractivity contribution in [1.29, 1.82) is 0 Å². The summed E-state index contributed by atoms with van der Waals surface area (Å²) in [7, 11) is -3.88. The van der Waals surface area contributed by atoms with Gasteiger partial charge in [0, 0.05) is 13.1 Å². The Kier molecular flexibility index (Phi) is 5.11. The van der Waals surface area contributed by atoms with E-state index in [2.05, 4.69) is 9.71 Å². The minimum atomic E-state index is -3.88. The first-order valence-corrected chi connectivity index (χ1v) is 7.46. The second-order valence-electron chi connectivity index (χ2n) is 3.83. The van der Waals surface area contributed by atoms with Gasteiger partial charge in [0.2, 0.25) is 10.0 Å². The predicted molar refractivity (Wildman–Crippen MR) is 72.8 cm³/mol. The Morgan fingerprint density at radius 3 is 2.42 bits per heavy atom. The molecule has 0 atom stereocenters. The number of hydrogen-bond donors (Lipinski definition) is 2. The molecule has 2 N–H and O–H groups in total. The van der Waals surface area contributed by atoms with Gasteiger partial charge in [-0.25, -0.2) is 13.4 Å². The minimum Gasteiger partial charge on any atom is -0.480 e. The second-order valence-corrected chi connectivity index (χ2v) is 5.55. The van der Waals surface area contributed by atoms with Crippen LogP contribution in [0.2, 0.25) is 0 Å². The standard InChI is InChI=1S/C11H17N3O4S/c1-3-14(4-2)10-6-5-9(7-12-10)13-19(17,18)8-11(15)16/h5-7,13H,3-4,8H2,1-2H3,(H,15,16). The molecule has 1 heterocycles. The molecular formula is C11H17N3O4S. The molecule has 0 aliphatic heterocycles. The molecule has 0 spiro atoms. The summed E-state index contributed by atoms with van der Waals surface area (Å²) in [6.07, 6.45) is 1.37. The van der Waals surface area contributed by atoms with Gasteiger partial charge in [0.25, 0.3) is 0 Å². The number of aromatic nitrogens is 1. The van der Waals surface area contributed by atoms with Crippen LogP contribution in [0.15, 0.2) is 18.3 Å². The van der Waals surface area contributed by atoms with Crippen LogP contribution < -0.4 is 9.62 Å². The van der Waals surface area contributed by atoms with Crippen molar-refractivity contribution in [1.82, 2.24) is 4.98 Å². The van der Waals surface area contributed by atoms with E-state index >= 15 is 0 Å². The van der Waals surface area contributed by atoms with Crippen LogP contribution in [0.5, 0.6) is 0 Å². The number of carbonyl (C=O) groups is 1.